The number of furan rings is 1. The largest absolute Gasteiger partial charge is 0.469 e. The van der Waals surface area contributed by atoms with Crippen LogP contribution in [0.1, 0.15) is 10.6 Å². The third-order valence-electron chi connectivity index (χ3n) is 2.38. The molecule has 0 aromatic carbocycles. The molecule has 0 aliphatic rings. The van der Waals surface area contributed by atoms with Crippen molar-refractivity contribution in [1.29, 1.82) is 0 Å². The maximum absolute atomic E-state index is 12.0. The van der Waals surface area contributed by atoms with E-state index in [9.17, 15) is 8.42 Å². The molecule has 2 aromatic rings. The molecule has 0 saturated heterocycles. The van der Waals surface area contributed by atoms with Crippen LogP contribution in [0.25, 0.3) is 0 Å². The van der Waals surface area contributed by atoms with Crippen LogP contribution in [0.3, 0.4) is 0 Å². The van der Waals surface area contributed by atoms with Crippen molar-refractivity contribution in [1.82, 2.24) is 4.72 Å². The number of hydrogen-bond donors (Lipinski definition) is 2. The Morgan fingerprint density at radius 1 is 1.39 bits per heavy atom. The van der Waals surface area contributed by atoms with E-state index >= 15 is 0 Å². The van der Waals surface area contributed by atoms with Gasteiger partial charge in [-0.2, -0.15) is 0 Å². The summed E-state index contributed by atoms with van der Waals surface area (Å²) in [4.78, 5) is 0.593. The average molecular weight is 287 g/mol. The van der Waals surface area contributed by atoms with Gasteiger partial charge in [0, 0.05) is 17.8 Å². The standard InChI is InChI=1S/C11H13NO4S2/c13-8-10-11(4-7-17-10)18(14,15)12-5-3-9-2-1-6-16-9/h1-2,4,6-7,12-13H,3,5,8H2. The monoisotopic (exact) mass is 287 g/mol. The fourth-order valence-electron chi connectivity index (χ4n) is 1.52. The van der Waals surface area contributed by atoms with Gasteiger partial charge < -0.3 is 9.52 Å². The van der Waals surface area contributed by atoms with E-state index in [4.69, 9.17) is 9.52 Å². The van der Waals surface area contributed by atoms with E-state index in [2.05, 4.69) is 4.72 Å². The van der Waals surface area contributed by atoms with E-state index in [0.29, 0.717) is 11.3 Å². The van der Waals surface area contributed by atoms with Gasteiger partial charge in [0.2, 0.25) is 10.0 Å². The molecule has 2 rings (SSSR count). The molecule has 18 heavy (non-hydrogen) atoms. The normalized spacial score (nSPS) is 11.8. The molecule has 2 N–H and O–H groups in total. The zero-order valence-electron chi connectivity index (χ0n) is 9.50. The van der Waals surface area contributed by atoms with Crippen LogP contribution in [0.15, 0.2) is 39.2 Å². The van der Waals surface area contributed by atoms with Crippen molar-refractivity contribution in [3.63, 3.8) is 0 Å². The first-order valence-electron chi connectivity index (χ1n) is 5.33. The Labute approximate surface area is 109 Å². The van der Waals surface area contributed by atoms with E-state index in [1.807, 2.05) is 0 Å². The van der Waals surface area contributed by atoms with Gasteiger partial charge in [0.15, 0.2) is 0 Å². The first kappa shape index (κ1) is 13.3. The molecule has 0 bridgehead atoms. The minimum atomic E-state index is -3.55. The fourth-order valence-corrected chi connectivity index (χ4v) is 3.85. The minimum Gasteiger partial charge on any atom is -0.469 e. The molecule has 5 nitrogen and oxygen atoms in total. The molecule has 98 valence electrons. The van der Waals surface area contributed by atoms with E-state index in [0.717, 1.165) is 5.76 Å². The second-order valence-electron chi connectivity index (χ2n) is 3.59. The Morgan fingerprint density at radius 3 is 2.89 bits per heavy atom. The summed E-state index contributed by atoms with van der Waals surface area (Å²) < 4.78 is 31.5. The van der Waals surface area contributed by atoms with Crippen LogP contribution in [0.4, 0.5) is 0 Å². The molecular formula is C11H13NO4S2. The van der Waals surface area contributed by atoms with Crippen molar-refractivity contribution < 1.29 is 17.9 Å². The lowest BCUT2D eigenvalue weighted by Gasteiger charge is -2.05. The lowest BCUT2D eigenvalue weighted by molar-refractivity contribution is 0.282. The van der Waals surface area contributed by atoms with Gasteiger partial charge >= 0.3 is 0 Å². The van der Waals surface area contributed by atoms with Gasteiger partial charge in [-0.15, -0.1) is 11.3 Å². The molecule has 0 amide bonds. The van der Waals surface area contributed by atoms with Crippen LogP contribution in [-0.4, -0.2) is 20.1 Å². The van der Waals surface area contributed by atoms with Crippen molar-refractivity contribution in [2.24, 2.45) is 0 Å². The van der Waals surface area contributed by atoms with Gasteiger partial charge in [-0.3, -0.25) is 0 Å². The fraction of sp³-hybridized carbons (Fsp3) is 0.273. The number of rotatable bonds is 6. The Bertz CT molecular complexity index is 586. The van der Waals surface area contributed by atoms with Crippen LogP contribution in [0.2, 0.25) is 0 Å². The Kier molecular flexibility index (Phi) is 4.18. The summed E-state index contributed by atoms with van der Waals surface area (Å²) in [6.45, 7) is -0.0113. The maximum Gasteiger partial charge on any atom is 0.241 e. The van der Waals surface area contributed by atoms with E-state index in [1.165, 1.54) is 17.4 Å². The summed E-state index contributed by atoms with van der Waals surface area (Å²) in [6, 6.07) is 5.04. The third kappa shape index (κ3) is 2.99. The smallest absolute Gasteiger partial charge is 0.241 e. The number of nitrogens with one attached hydrogen (secondary N) is 1. The summed E-state index contributed by atoms with van der Waals surface area (Å²) in [5, 5.41) is 10.7. The predicted molar refractivity (Wildman–Crippen MR) is 67.8 cm³/mol. The van der Waals surface area contributed by atoms with Gasteiger partial charge in [-0.25, -0.2) is 13.1 Å². The topological polar surface area (TPSA) is 79.5 Å². The molecule has 0 fully saturated rings. The van der Waals surface area contributed by atoms with Crippen molar-refractivity contribution in [3.05, 3.63) is 40.5 Å². The number of thiophene rings is 1. The Hall–Kier alpha value is -1.15. The molecule has 2 aromatic heterocycles. The SMILES string of the molecule is O=S(=O)(NCCc1ccco1)c1ccsc1CO. The highest BCUT2D eigenvalue weighted by Crippen LogP contribution is 2.21. The van der Waals surface area contributed by atoms with Gasteiger partial charge in [0.1, 0.15) is 5.76 Å². The second-order valence-corrected chi connectivity index (χ2v) is 6.33. The van der Waals surface area contributed by atoms with E-state index < -0.39 is 10.0 Å². The third-order valence-corrected chi connectivity index (χ3v) is 4.96. The highest BCUT2D eigenvalue weighted by Gasteiger charge is 2.18. The molecule has 0 atom stereocenters. The van der Waals surface area contributed by atoms with E-state index in [-0.39, 0.29) is 18.0 Å². The van der Waals surface area contributed by atoms with Crippen LogP contribution < -0.4 is 4.72 Å². The number of sulfonamides is 1. The van der Waals surface area contributed by atoms with Crippen molar-refractivity contribution >= 4 is 21.4 Å². The molecule has 0 aliphatic heterocycles. The lowest BCUT2D eigenvalue weighted by Crippen LogP contribution is -2.26. The molecule has 0 aliphatic carbocycles. The van der Waals surface area contributed by atoms with Crippen molar-refractivity contribution in [2.75, 3.05) is 6.54 Å². The molecular weight excluding hydrogens is 274 g/mol. The minimum absolute atomic E-state index is 0.148. The molecule has 0 spiro atoms. The van der Waals surface area contributed by atoms with Crippen molar-refractivity contribution in [3.8, 4) is 0 Å². The number of aliphatic hydroxyl groups is 1. The summed E-state index contributed by atoms with van der Waals surface area (Å²) in [7, 11) is -3.55. The average Bonchev–Trinajstić information content (AvgIpc) is 2.99. The predicted octanol–water partition coefficient (Wildman–Crippen LogP) is 1.35. The number of aliphatic hydroxyl groups excluding tert-OH is 1. The first-order chi connectivity index (χ1) is 8.63. The van der Waals surface area contributed by atoms with Crippen LogP contribution in [0.5, 0.6) is 0 Å². The van der Waals surface area contributed by atoms with Gasteiger partial charge in [0.05, 0.1) is 17.8 Å². The maximum atomic E-state index is 12.0. The van der Waals surface area contributed by atoms with Crippen LogP contribution in [-0.2, 0) is 23.1 Å². The molecule has 0 saturated carbocycles. The Balaban J connectivity index is 1.99. The van der Waals surface area contributed by atoms with Gasteiger partial charge in [-0.05, 0) is 23.6 Å². The summed E-state index contributed by atoms with van der Waals surface area (Å²) in [5.74, 6) is 0.727. The summed E-state index contributed by atoms with van der Waals surface area (Å²) >= 11 is 1.22. The zero-order valence-corrected chi connectivity index (χ0v) is 11.1. The lowest BCUT2D eigenvalue weighted by atomic mass is 10.3. The first-order valence-corrected chi connectivity index (χ1v) is 7.69. The second kappa shape index (κ2) is 5.66. The quantitative estimate of drug-likeness (QED) is 0.840. The van der Waals surface area contributed by atoms with Crippen LogP contribution >= 0.6 is 11.3 Å². The molecule has 7 heteroatoms. The highest BCUT2D eigenvalue weighted by atomic mass is 32.2. The highest BCUT2D eigenvalue weighted by molar-refractivity contribution is 7.89. The van der Waals surface area contributed by atoms with Gasteiger partial charge in [-0.1, -0.05) is 0 Å². The van der Waals surface area contributed by atoms with Gasteiger partial charge in [0.25, 0.3) is 0 Å². The Morgan fingerprint density at radius 2 is 2.22 bits per heavy atom. The summed E-state index contributed by atoms with van der Waals surface area (Å²) in [5.41, 5.74) is 0. The van der Waals surface area contributed by atoms with E-state index in [1.54, 1.807) is 23.8 Å². The summed E-state index contributed by atoms with van der Waals surface area (Å²) in [6.07, 6.45) is 2.04. The van der Waals surface area contributed by atoms with Crippen molar-refractivity contribution in [2.45, 2.75) is 17.9 Å². The zero-order chi connectivity index (χ0) is 13.0. The molecule has 0 radical (unpaired) electrons. The van der Waals surface area contributed by atoms with Crippen LogP contribution in [0, 0.1) is 0 Å². The molecule has 0 unspecified atom stereocenters. The number of hydrogen-bond acceptors (Lipinski definition) is 5. The molecule has 2 heterocycles.